The van der Waals surface area contributed by atoms with E-state index in [0.717, 1.165) is 43.1 Å². The van der Waals surface area contributed by atoms with Crippen molar-refractivity contribution in [3.05, 3.63) is 71.0 Å². The second-order valence-electron chi connectivity index (χ2n) is 8.13. The number of anilines is 1. The summed E-state index contributed by atoms with van der Waals surface area (Å²) in [7, 11) is 0. The van der Waals surface area contributed by atoms with E-state index >= 15 is 0 Å². The summed E-state index contributed by atoms with van der Waals surface area (Å²) >= 11 is 0. The monoisotopic (exact) mass is 468 g/mol. The molecule has 172 valence electrons. The van der Waals surface area contributed by atoms with E-state index in [1.807, 2.05) is 6.08 Å². The van der Waals surface area contributed by atoms with Gasteiger partial charge in [-0.25, -0.2) is 4.39 Å². The van der Waals surface area contributed by atoms with Crippen molar-refractivity contribution >= 4 is 29.6 Å². The highest BCUT2D eigenvalue weighted by atomic mass is 35.5. The Bertz CT molecular complexity index is 1010. The minimum absolute atomic E-state index is 0. The Balaban J connectivity index is 0.00000289. The molecule has 8 heteroatoms. The van der Waals surface area contributed by atoms with Gasteiger partial charge in [-0.05, 0) is 66.8 Å². The van der Waals surface area contributed by atoms with Crippen molar-refractivity contribution in [2.45, 2.75) is 37.8 Å². The molecule has 0 saturated heterocycles. The molecule has 0 aromatic heterocycles. The lowest BCUT2D eigenvalue weighted by Gasteiger charge is -2.26. The zero-order valence-corrected chi connectivity index (χ0v) is 18.2. The Morgan fingerprint density at radius 1 is 1.09 bits per heavy atom. The summed E-state index contributed by atoms with van der Waals surface area (Å²) in [6.07, 6.45) is 0.897. The molecule has 2 aromatic rings. The molecule has 2 aromatic carbocycles. The number of nitrogens with zero attached hydrogens (tertiary/aromatic N) is 1. The highest BCUT2D eigenvalue weighted by Crippen LogP contribution is 2.36. The number of rotatable bonds is 6. The third-order valence-electron chi connectivity index (χ3n) is 6.04. The van der Waals surface area contributed by atoms with E-state index in [0.29, 0.717) is 30.6 Å². The van der Waals surface area contributed by atoms with Gasteiger partial charge in [0, 0.05) is 18.8 Å². The number of hydrogen-bond donors (Lipinski definition) is 1. The molecule has 1 unspecified atom stereocenters. The predicted molar refractivity (Wildman–Crippen MR) is 119 cm³/mol. The maximum atomic E-state index is 13.3. The van der Waals surface area contributed by atoms with Crippen molar-refractivity contribution in [1.29, 1.82) is 0 Å². The third-order valence-corrected chi connectivity index (χ3v) is 6.04. The molecule has 2 aliphatic heterocycles. The third kappa shape index (κ3) is 5.51. The average Bonchev–Trinajstić information content (AvgIpc) is 3.05. The van der Waals surface area contributed by atoms with Crippen LogP contribution in [0.25, 0.3) is 5.57 Å². The van der Waals surface area contributed by atoms with Crippen molar-refractivity contribution in [3.8, 4) is 0 Å². The van der Waals surface area contributed by atoms with Crippen LogP contribution < -0.4 is 5.32 Å². The largest absolute Gasteiger partial charge is 0.416 e. The predicted octanol–water partition coefficient (Wildman–Crippen LogP) is 6.26. The van der Waals surface area contributed by atoms with Gasteiger partial charge in [0.25, 0.3) is 0 Å². The summed E-state index contributed by atoms with van der Waals surface area (Å²) in [5, 5.41) is 2.74. The second-order valence-corrected chi connectivity index (χ2v) is 8.13. The maximum Gasteiger partial charge on any atom is 0.416 e. The van der Waals surface area contributed by atoms with E-state index in [4.69, 9.17) is 0 Å². The first kappa shape index (κ1) is 24.3. The number of unbranched alkanes of at least 4 members (excludes halogenated alkanes) is 1. The van der Waals surface area contributed by atoms with Gasteiger partial charge in [-0.15, -0.1) is 12.4 Å². The molecule has 2 aliphatic rings. The van der Waals surface area contributed by atoms with Crippen LogP contribution in [0.1, 0.15) is 48.3 Å². The van der Waals surface area contributed by atoms with Crippen molar-refractivity contribution in [2.75, 3.05) is 25.0 Å². The highest BCUT2D eigenvalue weighted by molar-refractivity contribution is 6.02. The number of alkyl halides is 3. The van der Waals surface area contributed by atoms with Crippen LogP contribution in [-0.4, -0.2) is 30.4 Å². The van der Waals surface area contributed by atoms with Gasteiger partial charge in [-0.2, -0.15) is 13.2 Å². The van der Waals surface area contributed by atoms with Gasteiger partial charge in [0.1, 0.15) is 5.82 Å². The Labute approximate surface area is 190 Å². The molecule has 2 heterocycles. The maximum absolute atomic E-state index is 13.3. The van der Waals surface area contributed by atoms with Gasteiger partial charge in [-0.1, -0.05) is 30.7 Å². The summed E-state index contributed by atoms with van der Waals surface area (Å²) in [5.41, 5.74) is 2.40. The van der Waals surface area contributed by atoms with Gasteiger partial charge in [0.2, 0.25) is 5.91 Å². The smallest absolute Gasteiger partial charge is 0.325 e. The van der Waals surface area contributed by atoms with Gasteiger partial charge in [0.05, 0.1) is 11.5 Å². The number of hydrogen-bond acceptors (Lipinski definition) is 2. The molecule has 0 radical (unpaired) electrons. The van der Waals surface area contributed by atoms with Crippen molar-refractivity contribution in [3.63, 3.8) is 0 Å². The molecule has 0 spiro atoms. The fraction of sp³-hybridized carbons (Fsp3) is 0.375. The Hall–Kier alpha value is -2.38. The van der Waals surface area contributed by atoms with Crippen LogP contribution in [0, 0.1) is 5.82 Å². The number of benzene rings is 2. The van der Waals surface area contributed by atoms with Crippen LogP contribution in [0.5, 0.6) is 0 Å². The van der Waals surface area contributed by atoms with E-state index < -0.39 is 11.7 Å². The lowest BCUT2D eigenvalue weighted by molar-refractivity contribution is -0.137. The minimum atomic E-state index is -4.33. The average molecular weight is 469 g/mol. The molecule has 1 N–H and O–H groups in total. The van der Waals surface area contributed by atoms with Crippen molar-refractivity contribution in [1.82, 2.24) is 4.90 Å². The Morgan fingerprint density at radius 3 is 2.62 bits per heavy atom. The highest BCUT2D eigenvalue weighted by Gasteiger charge is 2.31. The lowest BCUT2D eigenvalue weighted by atomic mass is 9.94. The van der Waals surface area contributed by atoms with Crippen LogP contribution >= 0.6 is 12.4 Å². The van der Waals surface area contributed by atoms with Crippen LogP contribution in [0.2, 0.25) is 0 Å². The first-order chi connectivity index (χ1) is 14.8. The summed E-state index contributed by atoms with van der Waals surface area (Å²) in [6, 6.07) is 9.92. The van der Waals surface area contributed by atoms with Crippen LogP contribution in [0.4, 0.5) is 23.2 Å². The van der Waals surface area contributed by atoms with E-state index in [1.165, 1.54) is 24.3 Å². The summed E-state index contributed by atoms with van der Waals surface area (Å²) < 4.78 is 52.1. The molecule has 4 rings (SSSR count). The number of nitrogens with one attached hydrogen (secondary N) is 1. The fourth-order valence-electron chi connectivity index (χ4n) is 4.34. The standard InChI is InChI=1S/C24H24F4N2O.ClH/c25-19-7-8-20-21(23(31)29-22(20)15-19)6-1-2-11-30-12-9-16(10-13-30)17-4-3-5-18(14-17)24(26,27)28;/h3-5,7-9,14-15,21H,1-2,6,10-13H2,(H,29,31);1H. The molecule has 0 aliphatic carbocycles. The van der Waals surface area contributed by atoms with E-state index in [-0.39, 0.29) is 30.0 Å². The first-order valence-electron chi connectivity index (χ1n) is 10.5. The SMILES string of the molecule is Cl.O=C1Nc2cc(F)ccc2C1CCCCN1CC=C(c2cccc(C(F)(F)F)c2)CC1. The zero-order chi connectivity index (χ0) is 22.0. The van der Waals surface area contributed by atoms with Gasteiger partial charge < -0.3 is 5.32 Å². The normalized spacial score (nSPS) is 18.6. The molecule has 0 saturated carbocycles. The summed E-state index contributed by atoms with van der Waals surface area (Å²) in [4.78, 5) is 14.4. The minimum Gasteiger partial charge on any atom is -0.325 e. The molecular formula is C24H25ClF4N2O. The second kappa shape index (κ2) is 10.0. The van der Waals surface area contributed by atoms with Gasteiger partial charge in [-0.3, -0.25) is 9.69 Å². The molecule has 3 nitrogen and oxygen atoms in total. The van der Waals surface area contributed by atoms with Gasteiger partial charge in [0.15, 0.2) is 0 Å². The number of fused-ring (bicyclic) bond motifs is 1. The topological polar surface area (TPSA) is 32.3 Å². The molecular weight excluding hydrogens is 444 g/mol. The van der Waals surface area contributed by atoms with Gasteiger partial charge >= 0.3 is 6.18 Å². The Morgan fingerprint density at radius 2 is 1.91 bits per heavy atom. The summed E-state index contributed by atoms with van der Waals surface area (Å²) in [5.74, 6) is -0.668. The van der Waals surface area contributed by atoms with E-state index in [9.17, 15) is 22.4 Å². The number of carbonyl (C=O) groups excluding carboxylic acids is 1. The van der Waals surface area contributed by atoms with Crippen molar-refractivity contribution < 1.29 is 22.4 Å². The first-order valence-corrected chi connectivity index (χ1v) is 10.5. The quantitative estimate of drug-likeness (QED) is 0.401. The van der Waals surface area contributed by atoms with Crippen LogP contribution in [-0.2, 0) is 11.0 Å². The van der Waals surface area contributed by atoms with Crippen LogP contribution in [0.3, 0.4) is 0 Å². The van der Waals surface area contributed by atoms with Crippen LogP contribution in [0.15, 0.2) is 48.5 Å². The molecule has 0 bridgehead atoms. The Kier molecular flexibility index (Phi) is 7.62. The number of amides is 1. The van der Waals surface area contributed by atoms with E-state index in [1.54, 1.807) is 12.1 Å². The number of carbonyl (C=O) groups is 1. The number of halogens is 5. The van der Waals surface area contributed by atoms with Crippen molar-refractivity contribution in [2.24, 2.45) is 0 Å². The molecule has 32 heavy (non-hydrogen) atoms. The fourth-order valence-corrected chi connectivity index (χ4v) is 4.34. The zero-order valence-electron chi connectivity index (χ0n) is 17.4. The van der Waals surface area contributed by atoms with E-state index in [2.05, 4.69) is 10.2 Å². The molecule has 1 amide bonds. The summed E-state index contributed by atoms with van der Waals surface area (Å²) in [6.45, 7) is 2.38. The molecule has 1 atom stereocenters. The lowest BCUT2D eigenvalue weighted by Crippen LogP contribution is -2.29. The molecule has 0 fully saturated rings.